The Hall–Kier alpha value is -2.94. The standard InChI is InChI=1S/C20H31N7O2/c1-13-9-10-14(16(28)25-29-8)11-15(13)21-17-22-18(26(5)6)24-19(23-17)27(7)12-20(2,3)4/h9-11H,12H2,1-8H3,(H,25,28)(H,21,22,23,24). The molecule has 0 aliphatic carbocycles. The van der Waals surface area contributed by atoms with Gasteiger partial charge in [-0.25, -0.2) is 5.48 Å². The van der Waals surface area contributed by atoms with Crippen LogP contribution in [0.15, 0.2) is 18.2 Å². The minimum absolute atomic E-state index is 0.0902. The predicted octanol–water partition coefficient (Wildman–Crippen LogP) is 2.76. The fourth-order valence-corrected chi connectivity index (χ4v) is 2.73. The van der Waals surface area contributed by atoms with Crippen LogP contribution in [-0.2, 0) is 4.84 Å². The van der Waals surface area contributed by atoms with Gasteiger partial charge in [0.25, 0.3) is 5.91 Å². The molecule has 2 N–H and O–H groups in total. The van der Waals surface area contributed by atoms with E-state index >= 15 is 0 Å². The molecule has 2 aromatic rings. The molecule has 29 heavy (non-hydrogen) atoms. The van der Waals surface area contributed by atoms with Crippen molar-refractivity contribution in [1.82, 2.24) is 20.4 Å². The lowest BCUT2D eigenvalue weighted by Crippen LogP contribution is -2.31. The highest BCUT2D eigenvalue weighted by molar-refractivity contribution is 5.94. The second-order valence-corrected chi connectivity index (χ2v) is 8.36. The van der Waals surface area contributed by atoms with E-state index in [2.05, 4.69) is 46.5 Å². The number of nitrogens with zero attached hydrogens (tertiary/aromatic N) is 5. The van der Waals surface area contributed by atoms with E-state index < -0.39 is 0 Å². The molecule has 0 atom stereocenters. The lowest BCUT2D eigenvalue weighted by atomic mass is 9.96. The van der Waals surface area contributed by atoms with E-state index in [1.165, 1.54) is 7.11 Å². The van der Waals surface area contributed by atoms with Gasteiger partial charge in [0.15, 0.2) is 0 Å². The van der Waals surface area contributed by atoms with Crippen LogP contribution >= 0.6 is 0 Å². The zero-order valence-electron chi connectivity index (χ0n) is 18.5. The molecule has 0 saturated carbocycles. The first-order valence-corrected chi connectivity index (χ1v) is 9.35. The number of amides is 1. The average molecular weight is 402 g/mol. The third-order valence-electron chi connectivity index (χ3n) is 4.01. The molecule has 2 rings (SSSR count). The molecule has 0 bridgehead atoms. The summed E-state index contributed by atoms with van der Waals surface area (Å²) in [5, 5.41) is 3.23. The molecule has 0 spiro atoms. The molecule has 0 fully saturated rings. The maximum Gasteiger partial charge on any atom is 0.274 e. The molecule has 158 valence electrons. The van der Waals surface area contributed by atoms with Crippen molar-refractivity contribution < 1.29 is 9.63 Å². The quantitative estimate of drug-likeness (QED) is 0.684. The van der Waals surface area contributed by atoms with Crippen molar-refractivity contribution >= 4 is 29.4 Å². The number of hydrogen-bond acceptors (Lipinski definition) is 8. The number of rotatable bonds is 7. The number of carbonyl (C=O) groups is 1. The van der Waals surface area contributed by atoms with Gasteiger partial charge in [-0.2, -0.15) is 15.0 Å². The highest BCUT2D eigenvalue weighted by atomic mass is 16.6. The van der Waals surface area contributed by atoms with Crippen molar-refractivity contribution in [3.05, 3.63) is 29.3 Å². The number of anilines is 4. The summed E-state index contributed by atoms with van der Waals surface area (Å²) in [5.74, 6) is 1.20. The largest absolute Gasteiger partial charge is 0.347 e. The summed E-state index contributed by atoms with van der Waals surface area (Å²) in [5.41, 5.74) is 4.56. The fraction of sp³-hybridized carbons (Fsp3) is 0.500. The first kappa shape index (κ1) is 22.4. The highest BCUT2D eigenvalue weighted by Gasteiger charge is 2.18. The van der Waals surface area contributed by atoms with E-state index in [0.29, 0.717) is 23.4 Å². The Morgan fingerprint density at radius 1 is 1.10 bits per heavy atom. The summed E-state index contributed by atoms with van der Waals surface area (Å²) in [4.78, 5) is 34.3. The summed E-state index contributed by atoms with van der Waals surface area (Å²) >= 11 is 0. The summed E-state index contributed by atoms with van der Waals surface area (Å²) < 4.78 is 0. The summed E-state index contributed by atoms with van der Waals surface area (Å²) in [6.45, 7) is 9.22. The number of benzene rings is 1. The molecular formula is C20H31N7O2. The number of hydroxylamine groups is 1. The van der Waals surface area contributed by atoms with Crippen LogP contribution in [0.1, 0.15) is 36.7 Å². The van der Waals surface area contributed by atoms with Gasteiger partial charge in [0.05, 0.1) is 7.11 Å². The molecule has 1 aromatic heterocycles. The van der Waals surface area contributed by atoms with Crippen LogP contribution < -0.4 is 20.6 Å². The maximum atomic E-state index is 12.1. The summed E-state index contributed by atoms with van der Waals surface area (Å²) in [7, 11) is 7.13. The number of aryl methyl sites for hydroxylation is 1. The highest BCUT2D eigenvalue weighted by Crippen LogP contribution is 2.24. The smallest absolute Gasteiger partial charge is 0.274 e. The lowest BCUT2D eigenvalue weighted by molar-refractivity contribution is 0.0537. The predicted molar refractivity (Wildman–Crippen MR) is 116 cm³/mol. The molecule has 0 aliphatic heterocycles. The zero-order valence-corrected chi connectivity index (χ0v) is 18.5. The van der Waals surface area contributed by atoms with E-state index in [4.69, 9.17) is 4.84 Å². The van der Waals surface area contributed by atoms with Crippen LogP contribution in [0.3, 0.4) is 0 Å². The van der Waals surface area contributed by atoms with E-state index in [-0.39, 0.29) is 11.3 Å². The number of hydrogen-bond donors (Lipinski definition) is 2. The molecule has 0 aliphatic rings. The maximum absolute atomic E-state index is 12.1. The molecule has 0 radical (unpaired) electrons. The van der Waals surface area contributed by atoms with Gasteiger partial charge < -0.3 is 15.1 Å². The number of nitrogens with one attached hydrogen (secondary N) is 2. The van der Waals surface area contributed by atoms with Crippen LogP contribution in [0, 0.1) is 12.3 Å². The second-order valence-electron chi connectivity index (χ2n) is 8.36. The normalized spacial score (nSPS) is 11.2. The van der Waals surface area contributed by atoms with Crippen LogP contribution in [0.25, 0.3) is 0 Å². The second kappa shape index (κ2) is 9.04. The fourth-order valence-electron chi connectivity index (χ4n) is 2.73. The van der Waals surface area contributed by atoms with E-state index in [0.717, 1.165) is 17.8 Å². The molecule has 1 amide bonds. The SMILES string of the molecule is CONC(=O)c1ccc(C)c(Nc2nc(N(C)C)nc(N(C)CC(C)(C)C)n2)c1. The van der Waals surface area contributed by atoms with Gasteiger partial charge in [-0.3, -0.25) is 9.63 Å². The molecular weight excluding hydrogens is 370 g/mol. The van der Waals surface area contributed by atoms with Crippen LogP contribution in [0.5, 0.6) is 0 Å². The van der Waals surface area contributed by atoms with E-state index in [9.17, 15) is 4.79 Å². The first-order valence-electron chi connectivity index (χ1n) is 9.35. The van der Waals surface area contributed by atoms with Gasteiger partial charge in [-0.1, -0.05) is 26.8 Å². The van der Waals surface area contributed by atoms with Crippen molar-refractivity contribution in [2.24, 2.45) is 5.41 Å². The van der Waals surface area contributed by atoms with E-state index in [1.807, 2.05) is 43.9 Å². The Labute approximate surface area is 172 Å². The minimum Gasteiger partial charge on any atom is -0.347 e. The molecule has 9 heteroatoms. The molecule has 1 heterocycles. The zero-order chi connectivity index (χ0) is 21.8. The van der Waals surface area contributed by atoms with Gasteiger partial charge in [-0.05, 0) is 30.0 Å². The van der Waals surface area contributed by atoms with Gasteiger partial charge in [-0.15, -0.1) is 0 Å². The Balaban J connectivity index is 2.39. The third kappa shape index (κ3) is 6.28. The van der Waals surface area contributed by atoms with Crippen LogP contribution in [0.4, 0.5) is 23.5 Å². The van der Waals surface area contributed by atoms with Crippen molar-refractivity contribution in [2.75, 3.05) is 49.9 Å². The topological polar surface area (TPSA) is 95.5 Å². The van der Waals surface area contributed by atoms with Crippen molar-refractivity contribution in [2.45, 2.75) is 27.7 Å². The van der Waals surface area contributed by atoms with Gasteiger partial charge in [0, 0.05) is 38.9 Å². The Kier molecular flexibility index (Phi) is 6.97. The van der Waals surface area contributed by atoms with E-state index in [1.54, 1.807) is 12.1 Å². The molecule has 9 nitrogen and oxygen atoms in total. The third-order valence-corrected chi connectivity index (χ3v) is 4.01. The van der Waals surface area contributed by atoms with Gasteiger partial charge >= 0.3 is 0 Å². The van der Waals surface area contributed by atoms with Gasteiger partial charge in [0.2, 0.25) is 17.8 Å². The van der Waals surface area contributed by atoms with Crippen molar-refractivity contribution in [3.8, 4) is 0 Å². The monoisotopic (exact) mass is 401 g/mol. The lowest BCUT2D eigenvalue weighted by Gasteiger charge is -2.27. The Morgan fingerprint density at radius 3 is 2.34 bits per heavy atom. The first-order chi connectivity index (χ1) is 13.5. The average Bonchev–Trinajstić information content (AvgIpc) is 2.62. The van der Waals surface area contributed by atoms with Crippen molar-refractivity contribution in [1.29, 1.82) is 0 Å². The van der Waals surface area contributed by atoms with Gasteiger partial charge in [0.1, 0.15) is 0 Å². The summed E-state index contributed by atoms with van der Waals surface area (Å²) in [6, 6.07) is 5.32. The Morgan fingerprint density at radius 2 is 1.76 bits per heavy atom. The molecule has 1 aromatic carbocycles. The van der Waals surface area contributed by atoms with Crippen molar-refractivity contribution in [3.63, 3.8) is 0 Å². The molecule has 0 unspecified atom stereocenters. The molecule has 0 saturated heterocycles. The number of carbonyl (C=O) groups excluding carboxylic acids is 1. The van der Waals surface area contributed by atoms with Crippen LogP contribution in [0.2, 0.25) is 0 Å². The van der Waals surface area contributed by atoms with Crippen LogP contribution in [-0.4, -0.2) is 55.7 Å². The Bertz CT molecular complexity index is 862. The number of aromatic nitrogens is 3. The minimum atomic E-state index is -0.328. The summed E-state index contributed by atoms with van der Waals surface area (Å²) in [6.07, 6.45) is 0.